The Morgan fingerprint density at radius 1 is 1.39 bits per heavy atom. The minimum absolute atomic E-state index is 0.0582. The van der Waals surface area contributed by atoms with Crippen LogP contribution in [0.1, 0.15) is 30.4 Å². The second kappa shape index (κ2) is 6.76. The van der Waals surface area contributed by atoms with E-state index >= 15 is 0 Å². The van der Waals surface area contributed by atoms with Crippen molar-refractivity contribution in [1.82, 2.24) is 14.9 Å². The van der Waals surface area contributed by atoms with Crippen LogP contribution in [-0.2, 0) is 20.5 Å². The first-order valence-corrected chi connectivity index (χ1v) is 6.79. The van der Waals surface area contributed by atoms with Crippen molar-refractivity contribution in [3.63, 3.8) is 0 Å². The molecule has 1 unspecified atom stereocenters. The van der Waals surface area contributed by atoms with Gasteiger partial charge in [-0.25, -0.2) is 14.8 Å². The molecule has 1 aromatic rings. The van der Waals surface area contributed by atoms with Crippen LogP contribution in [0.5, 0.6) is 0 Å². The molecule has 1 fully saturated rings. The van der Waals surface area contributed by atoms with E-state index in [0.29, 0.717) is 19.4 Å². The zero-order valence-electron chi connectivity index (χ0n) is 12.2. The van der Waals surface area contributed by atoms with Gasteiger partial charge in [0.2, 0.25) is 5.91 Å². The first-order chi connectivity index (χ1) is 10.8. The van der Waals surface area contributed by atoms with E-state index in [1.54, 1.807) is 0 Å². The van der Waals surface area contributed by atoms with Crippen molar-refractivity contribution in [3.05, 3.63) is 35.9 Å². The van der Waals surface area contributed by atoms with Gasteiger partial charge in [0.05, 0.1) is 13.2 Å². The third-order valence-electron chi connectivity index (χ3n) is 3.36. The Kier molecular flexibility index (Phi) is 4.97. The summed E-state index contributed by atoms with van der Waals surface area (Å²) in [4.78, 5) is 31.8. The maximum atomic E-state index is 12.7. The van der Waals surface area contributed by atoms with Crippen molar-refractivity contribution < 1.29 is 27.5 Å². The third-order valence-corrected chi connectivity index (χ3v) is 3.36. The molecule has 0 radical (unpaired) electrons. The van der Waals surface area contributed by atoms with Gasteiger partial charge in [-0.3, -0.25) is 4.79 Å². The normalized spacial score (nSPS) is 18.4. The molecule has 0 bridgehead atoms. The molecule has 0 aromatic carbocycles. The Morgan fingerprint density at radius 3 is 2.78 bits per heavy atom. The molecule has 0 spiro atoms. The molecule has 0 aliphatic carbocycles. The summed E-state index contributed by atoms with van der Waals surface area (Å²) in [6, 6.07) is 0.133. The van der Waals surface area contributed by atoms with E-state index in [1.165, 1.54) is 12.0 Å². The number of hydrogen-bond acceptors (Lipinski definition) is 5. The van der Waals surface area contributed by atoms with E-state index in [9.17, 15) is 22.8 Å². The SMILES string of the molecule is COC(=O)/C=C/C(=O)N1CCCC1c1nccc(C(F)(F)F)n1. The van der Waals surface area contributed by atoms with Crippen LogP contribution >= 0.6 is 0 Å². The maximum absolute atomic E-state index is 12.7. The molecule has 9 heteroatoms. The summed E-state index contributed by atoms with van der Waals surface area (Å²) in [7, 11) is 1.17. The summed E-state index contributed by atoms with van der Waals surface area (Å²) < 4.78 is 42.6. The second-order valence-electron chi connectivity index (χ2n) is 4.84. The smallest absolute Gasteiger partial charge is 0.433 e. The predicted octanol–water partition coefficient (Wildman–Crippen LogP) is 1.89. The van der Waals surface area contributed by atoms with Crippen LogP contribution in [0.2, 0.25) is 0 Å². The zero-order chi connectivity index (χ0) is 17.0. The standard InChI is InChI=1S/C14H14F3N3O3/c1-23-12(22)5-4-11(21)20-8-2-3-9(20)13-18-7-6-10(19-13)14(15,16)17/h4-7,9H,2-3,8H2,1H3/b5-4+. The summed E-state index contributed by atoms with van der Waals surface area (Å²) in [6.07, 6.45) is -0.490. The number of ether oxygens (including phenoxy) is 1. The van der Waals surface area contributed by atoms with Crippen LogP contribution in [0.3, 0.4) is 0 Å². The fourth-order valence-corrected chi connectivity index (χ4v) is 2.29. The molecule has 124 valence electrons. The molecule has 1 saturated heterocycles. The highest BCUT2D eigenvalue weighted by atomic mass is 19.4. The molecule has 0 N–H and O–H groups in total. The number of carbonyl (C=O) groups excluding carboxylic acids is 2. The number of methoxy groups -OCH3 is 1. The largest absolute Gasteiger partial charge is 0.466 e. The van der Waals surface area contributed by atoms with E-state index in [2.05, 4.69) is 14.7 Å². The van der Waals surface area contributed by atoms with Crippen molar-refractivity contribution in [2.24, 2.45) is 0 Å². The lowest BCUT2D eigenvalue weighted by Crippen LogP contribution is -2.30. The molecule has 23 heavy (non-hydrogen) atoms. The van der Waals surface area contributed by atoms with Gasteiger partial charge in [-0.1, -0.05) is 0 Å². The molecule has 2 heterocycles. The number of carbonyl (C=O) groups is 2. The lowest BCUT2D eigenvalue weighted by molar-refractivity contribution is -0.141. The number of alkyl halides is 3. The average molecular weight is 329 g/mol. The summed E-state index contributed by atoms with van der Waals surface area (Å²) in [5.74, 6) is -1.25. The topological polar surface area (TPSA) is 72.4 Å². The number of rotatable bonds is 3. The van der Waals surface area contributed by atoms with Gasteiger partial charge in [-0.2, -0.15) is 13.2 Å². The Bertz CT molecular complexity index is 631. The van der Waals surface area contributed by atoms with Crippen molar-refractivity contribution in [2.75, 3.05) is 13.7 Å². The Hall–Kier alpha value is -2.45. The van der Waals surface area contributed by atoms with Gasteiger partial charge < -0.3 is 9.64 Å². The molecule has 1 aliphatic rings. The molecule has 1 aliphatic heterocycles. The lowest BCUT2D eigenvalue weighted by Gasteiger charge is -2.22. The van der Waals surface area contributed by atoms with Crippen molar-refractivity contribution in [1.29, 1.82) is 0 Å². The molecule has 1 amide bonds. The third kappa shape index (κ3) is 4.05. The predicted molar refractivity (Wildman–Crippen MR) is 71.9 cm³/mol. The van der Waals surface area contributed by atoms with Crippen LogP contribution < -0.4 is 0 Å². The Labute approximate surface area is 130 Å². The number of aromatic nitrogens is 2. The molecular formula is C14H14F3N3O3. The molecule has 6 nitrogen and oxygen atoms in total. The fraction of sp³-hybridized carbons (Fsp3) is 0.429. The van der Waals surface area contributed by atoms with E-state index in [1.807, 2.05) is 0 Å². The highest BCUT2D eigenvalue weighted by Crippen LogP contribution is 2.32. The first-order valence-electron chi connectivity index (χ1n) is 6.79. The molecule has 1 aromatic heterocycles. The van der Waals surface area contributed by atoms with E-state index in [0.717, 1.165) is 24.4 Å². The molecule has 1 atom stereocenters. The van der Waals surface area contributed by atoms with Gasteiger partial charge in [0, 0.05) is 24.9 Å². The van der Waals surface area contributed by atoms with Crippen LogP contribution in [-0.4, -0.2) is 40.4 Å². The number of esters is 1. The maximum Gasteiger partial charge on any atom is 0.433 e. The summed E-state index contributed by atoms with van der Waals surface area (Å²) >= 11 is 0. The second-order valence-corrected chi connectivity index (χ2v) is 4.84. The summed E-state index contributed by atoms with van der Waals surface area (Å²) in [6.45, 7) is 0.356. The monoisotopic (exact) mass is 329 g/mol. The number of likely N-dealkylation sites (tertiary alicyclic amines) is 1. The fourth-order valence-electron chi connectivity index (χ4n) is 2.29. The van der Waals surface area contributed by atoms with Gasteiger partial charge >= 0.3 is 12.1 Å². The van der Waals surface area contributed by atoms with E-state index < -0.39 is 29.8 Å². The van der Waals surface area contributed by atoms with Crippen molar-refractivity contribution >= 4 is 11.9 Å². The first kappa shape index (κ1) is 16.9. The molecular weight excluding hydrogens is 315 g/mol. The van der Waals surface area contributed by atoms with Crippen molar-refractivity contribution in [2.45, 2.75) is 25.1 Å². The van der Waals surface area contributed by atoms with Gasteiger partial charge in [-0.05, 0) is 18.9 Å². The van der Waals surface area contributed by atoms with Gasteiger partial charge in [0.15, 0.2) is 5.82 Å². The van der Waals surface area contributed by atoms with Crippen LogP contribution in [0, 0.1) is 0 Å². The van der Waals surface area contributed by atoms with Crippen molar-refractivity contribution in [3.8, 4) is 0 Å². The minimum atomic E-state index is -4.57. The Balaban J connectivity index is 2.20. The van der Waals surface area contributed by atoms with Crippen LogP contribution in [0.15, 0.2) is 24.4 Å². The zero-order valence-corrected chi connectivity index (χ0v) is 12.2. The molecule has 0 saturated carbocycles. The summed E-state index contributed by atoms with van der Waals surface area (Å²) in [5, 5.41) is 0. The quantitative estimate of drug-likeness (QED) is 0.625. The average Bonchev–Trinajstić information content (AvgIpc) is 3.01. The number of halogens is 3. The number of amides is 1. The number of hydrogen-bond donors (Lipinski definition) is 0. The van der Waals surface area contributed by atoms with Crippen LogP contribution in [0.4, 0.5) is 13.2 Å². The van der Waals surface area contributed by atoms with Gasteiger partial charge in [-0.15, -0.1) is 0 Å². The summed E-state index contributed by atoms with van der Waals surface area (Å²) in [5.41, 5.74) is -1.05. The molecule has 2 rings (SSSR count). The van der Waals surface area contributed by atoms with E-state index in [-0.39, 0.29) is 5.82 Å². The lowest BCUT2D eigenvalue weighted by atomic mass is 10.2. The van der Waals surface area contributed by atoms with Crippen LogP contribution in [0.25, 0.3) is 0 Å². The number of nitrogens with zero attached hydrogens (tertiary/aromatic N) is 3. The van der Waals surface area contributed by atoms with Gasteiger partial charge in [0.25, 0.3) is 0 Å². The highest BCUT2D eigenvalue weighted by molar-refractivity contribution is 5.94. The minimum Gasteiger partial charge on any atom is -0.466 e. The van der Waals surface area contributed by atoms with Gasteiger partial charge in [0.1, 0.15) is 5.69 Å². The Morgan fingerprint density at radius 2 is 2.13 bits per heavy atom. The van der Waals surface area contributed by atoms with E-state index in [4.69, 9.17) is 0 Å². The highest BCUT2D eigenvalue weighted by Gasteiger charge is 2.36.